The molecule has 0 aromatic heterocycles. The Morgan fingerprint density at radius 2 is 1.83 bits per heavy atom. The molecule has 0 spiro atoms. The lowest BCUT2D eigenvalue weighted by Gasteiger charge is -2.30. The van der Waals surface area contributed by atoms with Crippen LogP contribution in [0.2, 0.25) is 0 Å². The number of esters is 2. The van der Waals surface area contributed by atoms with Crippen molar-refractivity contribution in [2.75, 3.05) is 13.7 Å². The molecule has 24 heavy (non-hydrogen) atoms. The number of carboxylic acid groups (broad SMARTS) is 1. The monoisotopic (exact) mass is 337 g/mol. The third kappa shape index (κ3) is 3.65. The summed E-state index contributed by atoms with van der Waals surface area (Å²) in [5.41, 5.74) is -2.62. The number of carboxylic acids is 1. The van der Waals surface area contributed by atoms with Crippen molar-refractivity contribution in [1.82, 2.24) is 5.32 Å². The predicted octanol–water partition coefficient (Wildman–Crippen LogP) is 0.902. The number of hydrogen-bond acceptors (Lipinski definition) is 7. The first kappa shape index (κ1) is 19.0. The Balaban J connectivity index is 3.53. The van der Waals surface area contributed by atoms with Crippen molar-refractivity contribution in [2.45, 2.75) is 19.4 Å². The molecule has 0 fully saturated rings. The fraction of sp³-hybridized carbons (Fsp3) is 0.312. The normalized spacial score (nSPS) is 13.5. The smallest absolute Gasteiger partial charge is 0.353 e. The Hall–Kier alpha value is -3.03. The van der Waals surface area contributed by atoms with Gasteiger partial charge in [-0.2, -0.15) is 0 Å². The SMILES string of the molecule is CC=C(NC(C(=O)O)(C(=O)OCC)c1ccc(O)cc1)C(=O)OC. The molecule has 3 N–H and O–H groups in total. The Kier molecular flexibility index (Phi) is 6.34. The number of aliphatic carboxylic acids is 1. The van der Waals surface area contributed by atoms with Crippen molar-refractivity contribution in [3.8, 4) is 5.75 Å². The minimum atomic E-state index is -2.38. The average molecular weight is 337 g/mol. The van der Waals surface area contributed by atoms with Crippen molar-refractivity contribution in [3.05, 3.63) is 41.6 Å². The molecule has 0 aliphatic rings. The van der Waals surface area contributed by atoms with Gasteiger partial charge in [0.05, 0.1) is 13.7 Å². The van der Waals surface area contributed by atoms with Crippen molar-refractivity contribution in [1.29, 1.82) is 0 Å². The third-order valence-corrected chi connectivity index (χ3v) is 3.22. The van der Waals surface area contributed by atoms with Crippen LogP contribution in [-0.2, 0) is 29.4 Å². The van der Waals surface area contributed by atoms with Crippen LogP contribution in [0, 0.1) is 0 Å². The molecule has 8 heteroatoms. The molecule has 0 amide bonds. The number of methoxy groups -OCH3 is 1. The number of hydrogen-bond donors (Lipinski definition) is 3. The van der Waals surface area contributed by atoms with Gasteiger partial charge in [-0.3, -0.25) is 0 Å². The van der Waals surface area contributed by atoms with Crippen LogP contribution < -0.4 is 5.32 Å². The number of phenolic OH excluding ortho intramolecular Hbond substituents is 1. The van der Waals surface area contributed by atoms with Crippen LogP contribution >= 0.6 is 0 Å². The molecular formula is C16H19NO7. The van der Waals surface area contributed by atoms with Crippen LogP contribution in [0.5, 0.6) is 5.75 Å². The first-order valence-electron chi connectivity index (χ1n) is 7.06. The number of allylic oxidation sites excluding steroid dienone is 1. The van der Waals surface area contributed by atoms with Gasteiger partial charge >= 0.3 is 17.9 Å². The number of ether oxygens (including phenoxy) is 2. The Morgan fingerprint density at radius 1 is 1.25 bits per heavy atom. The van der Waals surface area contributed by atoms with Gasteiger partial charge in [0.1, 0.15) is 11.4 Å². The van der Waals surface area contributed by atoms with E-state index in [1.54, 1.807) is 0 Å². The van der Waals surface area contributed by atoms with Crippen LogP contribution in [0.15, 0.2) is 36.0 Å². The zero-order valence-corrected chi connectivity index (χ0v) is 13.5. The number of carbonyl (C=O) groups is 3. The molecule has 1 aromatic rings. The van der Waals surface area contributed by atoms with Crippen LogP contribution in [0.1, 0.15) is 19.4 Å². The summed E-state index contributed by atoms with van der Waals surface area (Å²) in [7, 11) is 1.13. The van der Waals surface area contributed by atoms with E-state index in [1.807, 2.05) is 0 Å². The lowest BCUT2D eigenvalue weighted by molar-refractivity contribution is -0.163. The van der Waals surface area contributed by atoms with Crippen molar-refractivity contribution in [3.63, 3.8) is 0 Å². The van der Waals surface area contributed by atoms with Gasteiger partial charge in [-0.25, -0.2) is 14.4 Å². The fourth-order valence-electron chi connectivity index (χ4n) is 2.01. The molecule has 1 unspecified atom stereocenters. The van der Waals surface area contributed by atoms with Crippen molar-refractivity contribution >= 4 is 17.9 Å². The minimum Gasteiger partial charge on any atom is -0.508 e. The van der Waals surface area contributed by atoms with E-state index in [0.717, 1.165) is 7.11 Å². The molecule has 0 saturated heterocycles. The third-order valence-electron chi connectivity index (χ3n) is 3.22. The van der Waals surface area contributed by atoms with Gasteiger partial charge in [0.25, 0.3) is 5.54 Å². The van der Waals surface area contributed by atoms with E-state index in [2.05, 4.69) is 10.1 Å². The maximum absolute atomic E-state index is 12.4. The van der Waals surface area contributed by atoms with Gasteiger partial charge in [0.15, 0.2) is 0 Å². The second kappa shape index (κ2) is 8.00. The standard InChI is InChI=1S/C16H19NO7/c1-4-12(13(19)23-3)17-16(14(20)21,15(22)24-5-2)10-6-8-11(18)9-7-10/h4,6-9,17-18H,5H2,1-3H3,(H,20,21). The van der Waals surface area contributed by atoms with Crippen molar-refractivity contribution < 1.29 is 34.1 Å². The molecule has 0 aliphatic carbocycles. The van der Waals surface area contributed by atoms with E-state index in [4.69, 9.17) is 4.74 Å². The summed E-state index contributed by atoms with van der Waals surface area (Å²) in [4.78, 5) is 36.2. The quantitative estimate of drug-likeness (QED) is 0.381. The molecule has 1 rings (SSSR count). The van der Waals surface area contributed by atoms with Crippen LogP contribution in [-0.4, -0.2) is 41.8 Å². The maximum atomic E-state index is 12.4. The molecule has 0 radical (unpaired) electrons. The van der Waals surface area contributed by atoms with Crippen LogP contribution in [0.4, 0.5) is 0 Å². The lowest BCUT2D eigenvalue weighted by atomic mass is 9.89. The second-order valence-corrected chi connectivity index (χ2v) is 4.64. The number of benzene rings is 1. The second-order valence-electron chi connectivity index (χ2n) is 4.64. The molecule has 0 aliphatic heterocycles. The van der Waals surface area contributed by atoms with E-state index < -0.39 is 23.4 Å². The van der Waals surface area contributed by atoms with E-state index >= 15 is 0 Å². The molecule has 8 nitrogen and oxygen atoms in total. The zero-order valence-electron chi connectivity index (χ0n) is 13.5. The highest BCUT2D eigenvalue weighted by Gasteiger charge is 2.51. The van der Waals surface area contributed by atoms with Crippen LogP contribution in [0.25, 0.3) is 0 Å². The maximum Gasteiger partial charge on any atom is 0.353 e. The van der Waals surface area contributed by atoms with Gasteiger partial charge in [0.2, 0.25) is 0 Å². The lowest BCUT2D eigenvalue weighted by Crippen LogP contribution is -2.56. The summed E-state index contributed by atoms with van der Waals surface area (Å²) in [6.07, 6.45) is 1.28. The van der Waals surface area contributed by atoms with E-state index in [-0.39, 0.29) is 23.6 Å². The summed E-state index contributed by atoms with van der Waals surface area (Å²) >= 11 is 0. The molecular weight excluding hydrogens is 318 g/mol. The van der Waals surface area contributed by atoms with E-state index in [1.165, 1.54) is 44.2 Å². The molecule has 0 heterocycles. The summed E-state index contributed by atoms with van der Waals surface area (Å²) in [6, 6.07) is 4.94. The molecule has 0 saturated carbocycles. The number of aromatic hydroxyl groups is 1. The summed E-state index contributed by atoms with van der Waals surface area (Å²) in [6.45, 7) is 2.95. The predicted molar refractivity (Wildman–Crippen MR) is 83.0 cm³/mol. The first-order chi connectivity index (χ1) is 11.3. The first-order valence-corrected chi connectivity index (χ1v) is 7.06. The highest BCUT2D eigenvalue weighted by molar-refractivity contribution is 6.06. The summed E-state index contributed by atoms with van der Waals surface area (Å²) in [5, 5.41) is 21.5. The largest absolute Gasteiger partial charge is 0.508 e. The molecule has 1 aromatic carbocycles. The number of rotatable bonds is 7. The average Bonchev–Trinajstić information content (AvgIpc) is 2.56. The number of phenols is 1. The molecule has 0 bridgehead atoms. The fourth-order valence-corrected chi connectivity index (χ4v) is 2.01. The Morgan fingerprint density at radius 3 is 2.25 bits per heavy atom. The Labute approximate surface area is 138 Å². The minimum absolute atomic E-state index is 0.0190. The van der Waals surface area contributed by atoms with Crippen molar-refractivity contribution in [2.24, 2.45) is 0 Å². The van der Waals surface area contributed by atoms with Gasteiger partial charge in [0, 0.05) is 5.56 Å². The summed E-state index contributed by atoms with van der Waals surface area (Å²) < 4.78 is 9.46. The van der Waals surface area contributed by atoms with Crippen LogP contribution in [0.3, 0.4) is 0 Å². The number of nitrogens with one attached hydrogen (secondary N) is 1. The van der Waals surface area contributed by atoms with Gasteiger partial charge in [-0.1, -0.05) is 18.2 Å². The summed E-state index contributed by atoms with van der Waals surface area (Å²) in [5.74, 6) is -3.63. The Bertz CT molecular complexity index is 651. The highest BCUT2D eigenvalue weighted by Crippen LogP contribution is 2.27. The molecule has 1 atom stereocenters. The highest BCUT2D eigenvalue weighted by atomic mass is 16.5. The van der Waals surface area contributed by atoms with E-state index in [0.29, 0.717) is 0 Å². The zero-order chi connectivity index (χ0) is 18.3. The van der Waals surface area contributed by atoms with Gasteiger partial charge in [-0.15, -0.1) is 0 Å². The number of carbonyl (C=O) groups excluding carboxylic acids is 2. The van der Waals surface area contributed by atoms with Gasteiger partial charge < -0.3 is 25.0 Å². The molecule has 130 valence electrons. The van der Waals surface area contributed by atoms with E-state index in [9.17, 15) is 24.6 Å². The topological polar surface area (TPSA) is 122 Å². The van der Waals surface area contributed by atoms with Gasteiger partial charge in [-0.05, 0) is 26.0 Å².